The third kappa shape index (κ3) is 6.83. The number of nitrogens with one attached hydrogen (secondary N) is 2. The predicted molar refractivity (Wildman–Crippen MR) is 230 cm³/mol. The van der Waals surface area contributed by atoms with Crippen LogP contribution < -0.4 is 0 Å². The molecule has 2 aliphatic rings. The van der Waals surface area contributed by atoms with Gasteiger partial charge < -0.3 is 9.97 Å². The molecule has 4 aromatic rings. The van der Waals surface area contributed by atoms with Gasteiger partial charge in [0, 0.05) is 34.7 Å². The van der Waals surface area contributed by atoms with Crippen molar-refractivity contribution in [2.24, 2.45) is 9.98 Å². The van der Waals surface area contributed by atoms with Gasteiger partial charge in [-0.3, -0.25) is 10.1 Å². The molecule has 0 spiro atoms. The maximum absolute atomic E-state index is 11.7. The van der Waals surface area contributed by atoms with E-state index in [0.717, 1.165) is 108 Å². The summed E-state index contributed by atoms with van der Waals surface area (Å²) in [4.78, 5) is 30.4. The maximum Gasteiger partial charge on any atom is 0.269 e. The lowest BCUT2D eigenvalue weighted by atomic mass is 9.88. The highest BCUT2D eigenvalue weighted by molar-refractivity contribution is 6.55. The number of hydrogen-bond donors (Lipinski definition) is 2. The van der Waals surface area contributed by atoms with Gasteiger partial charge in [0.1, 0.15) is 0 Å². The minimum absolute atomic E-state index is 0.0741. The number of non-ortho nitro benzene ring substituents is 1. The van der Waals surface area contributed by atoms with Crippen LogP contribution in [0, 0.1) is 24.0 Å². The van der Waals surface area contributed by atoms with E-state index in [0.29, 0.717) is 0 Å². The summed E-state index contributed by atoms with van der Waals surface area (Å²) in [5, 5.41) is 11.7. The van der Waals surface area contributed by atoms with Crippen LogP contribution in [0.4, 0.5) is 5.69 Å². The Bertz CT molecular complexity index is 2320. The molecule has 55 heavy (non-hydrogen) atoms. The Balaban J connectivity index is 1.71. The molecular formula is C48H57N5O2. The van der Waals surface area contributed by atoms with Crippen molar-refractivity contribution in [1.29, 1.82) is 0 Å². The summed E-state index contributed by atoms with van der Waals surface area (Å²) < 4.78 is 0. The first kappa shape index (κ1) is 39.4. The fraction of sp³-hybridized carbons (Fsp3) is 0.375. The molecule has 0 bridgehead atoms. The number of rotatable bonds is 14. The molecule has 7 nitrogen and oxygen atoms in total. The highest BCUT2D eigenvalue weighted by atomic mass is 16.6. The zero-order valence-electron chi connectivity index (χ0n) is 34.5. The maximum atomic E-state index is 11.7. The number of aromatic nitrogens is 2. The van der Waals surface area contributed by atoms with Crippen molar-refractivity contribution in [3.8, 4) is 0 Å². The topological polar surface area (TPSA) is 99.4 Å². The number of benzene rings is 2. The third-order valence-electron chi connectivity index (χ3n) is 11.6. The number of aromatic amines is 2. The van der Waals surface area contributed by atoms with E-state index in [9.17, 15) is 10.1 Å². The number of H-pyrrole nitrogens is 2. The van der Waals surface area contributed by atoms with Crippen LogP contribution in [0.5, 0.6) is 0 Å². The van der Waals surface area contributed by atoms with Crippen LogP contribution in [0.1, 0.15) is 137 Å². The van der Waals surface area contributed by atoms with E-state index >= 15 is 0 Å². The number of aliphatic imine (C=N–C) groups is 2. The molecule has 2 aromatic carbocycles. The van der Waals surface area contributed by atoms with E-state index in [4.69, 9.17) is 9.98 Å². The minimum Gasteiger partial charge on any atom is -0.358 e. The molecule has 0 unspecified atom stereocenters. The molecule has 0 saturated heterocycles. The van der Waals surface area contributed by atoms with Crippen molar-refractivity contribution in [2.45, 2.75) is 121 Å². The smallest absolute Gasteiger partial charge is 0.269 e. The van der Waals surface area contributed by atoms with Gasteiger partial charge in [0.2, 0.25) is 0 Å². The second-order valence-corrected chi connectivity index (χ2v) is 14.4. The predicted octanol–water partition coefficient (Wildman–Crippen LogP) is 12.5. The average Bonchev–Trinajstić information content (AvgIpc) is 3.94. The quantitative estimate of drug-likeness (QED) is 0.0995. The van der Waals surface area contributed by atoms with Gasteiger partial charge in [-0.15, -0.1) is 0 Å². The van der Waals surface area contributed by atoms with E-state index in [1.165, 1.54) is 55.9 Å². The van der Waals surface area contributed by atoms with Crippen LogP contribution in [0.3, 0.4) is 0 Å². The zero-order chi connectivity index (χ0) is 39.6. The van der Waals surface area contributed by atoms with Crippen LogP contribution in [0.15, 0.2) is 98.3 Å². The highest BCUT2D eigenvalue weighted by Gasteiger charge is 2.35. The van der Waals surface area contributed by atoms with Crippen molar-refractivity contribution in [3.05, 3.63) is 155 Å². The molecule has 2 aliphatic heterocycles. The Morgan fingerprint density at radius 3 is 1.25 bits per heavy atom. The Labute approximate surface area is 327 Å². The Morgan fingerprint density at radius 2 is 0.909 bits per heavy atom. The number of nitro benzene ring substituents is 1. The molecule has 0 fully saturated rings. The van der Waals surface area contributed by atoms with Crippen molar-refractivity contribution < 1.29 is 4.92 Å². The second-order valence-electron chi connectivity index (χ2n) is 14.4. The molecule has 286 valence electrons. The van der Waals surface area contributed by atoms with E-state index < -0.39 is 0 Å². The molecule has 0 radical (unpaired) electrons. The van der Waals surface area contributed by atoms with E-state index in [1.807, 2.05) is 12.1 Å². The standard InChI is InChI=1S/C48H57N5O2/c1-11-33-28(9)49-43(35(33)13-3)41(30-22-20-19-21-23-30)45-37(15-5)39(17-7)47(51-45)48-40(18-8)38(16-6)46(52-48)42(31-24-26-32(27-25-31)53(54)55)44-36(14-4)34(12-2)29(10)50-44/h19-27,49-50H,11-18H2,1-10H3. The third-order valence-corrected chi connectivity index (χ3v) is 11.6. The fourth-order valence-corrected chi connectivity index (χ4v) is 9.14. The van der Waals surface area contributed by atoms with E-state index in [-0.39, 0.29) is 10.6 Å². The zero-order valence-corrected chi connectivity index (χ0v) is 34.5. The molecule has 0 aliphatic carbocycles. The SMILES string of the molecule is CCC1=C(CC)C(=C(c2ccccc2)c2[nH]c(C)c(CC)c2CC)N=C1C1=NC(=C(c2ccc([N+](=O)[O-])cc2)c2[nH]c(C)c(CC)c2CC)C(CC)=C1CC. The van der Waals surface area contributed by atoms with Crippen LogP contribution >= 0.6 is 0 Å². The Morgan fingerprint density at radius 1 is 0.527 bits per heavy atom. The highest BCUT2D eigenvalue weighted by Crippen LogP contribution is 2.45. The van der Waals surface area contributed by atoms with Gasteiger partial charge in [-0.05, 0) is 133 Å². The summed E-state index contributed by atoms with van der Waals surface area (Å²) >= 11 is 0. The minimum atomic E-state index is -0.335. The molecule has 2 aromatic heterocycles. The van der Waals surface area contributed by atoms with Gasteiger partial charge in [0.05, 0.1) is 39.1 Å². The van der Waals surface area contributed by atoms with Gasteiger partial charge in [0.15, 0.2) is 0 Å². The van der Waals surface area contributed by atoms with Gasteiger partial charge in [-0.1, -0.05) is 85.7 Å². The first-order valence-corrected chi connectivity index (χ1v) is 20.5. The van der Waals surface area contributed by atoms with Crippen LogP contribution in [-0.2, 0) is 25.7 Å². The largest absolute Gasteiger partial charge is 0.358 e. The summed E-state index contributed by atoms with van der Waals surface area (Å²) in [5.41, 5.74) is 23.0. The molecule has 0 saturated carbocycles. The normalized spacial score (nSPS) is 16.3. The second kappa shape index (κ2) is 16.6. The van der Waals surface area contributed by atoms with Crippen LogP contribution in [-0.4, -0.2) is 26.3 Å². The Hall–Kier alpha value is -5.30. The van der Waals surface area contributed by atoms with Gasteiger partial charge in [-0.25, -0.2) is 9.98 Å². The van der Waals surface area contributed by atoms with Crippen LogP contribution in [0.2, 0.25) is 0 Å². The van der Waals surface area contributed by atoms with Crippen molar-refractivity contribution in [3.63, 3.8) is 0 Å². The lowest BCUT2D eigenvalue weighted by Crippen LogP contribution is -2.16. The van der Waals surface area contributed by atoms with Crippen molar-refractivity contribution >= 4 is 28.3 Å². The first-order valence-electron chi connectivity index (χ1n) is 20.5. The fourth-order valence-electron chi connectivity index (χ4n) is 9.14. The van der Waals surface area contributed by atoms with Gasteiger partial charge >= 0.3 is 0 Å². The molecule has 0 atom stereocenters. The number of hydrogen-bond acceptors (Lipinski definition) is 4. The lowest BCUT2D eigenvalue weighted by Gasteiger charge is -2.15. The van der Waals surface area contributed by atoms with Crippen molar-refractivity contribution in [2.75, 3.05) is 0 Å². The van der Waals surface area contributed by atoms with E-state index in [2.05, 4.69) is 110 Å². The van der Waals surface area contributed by atoms with Gasteiger partial charge in [-0.2, -0.15) is 0 Å². The number of allylic oxidation sites excluding steroid dienone is 4. The van der Waals surface area contributed by atoms with E-state index in [1.54, 1.807) is 12.1 Å². The molecule has 0 amide bonds. The summed E-state index contributed by atoms with van der Waals surface area (Å²) in [6, 6.07) is 17.7. The molecule has 2 N–H and O–H groups in total. The summed E-state index contributed by atoms with van der Waals surface area (Å²) in [7, 11) is 0. The first-order chi connectivity index (χ1) is 26.6. The van der Waals surface area contributed by atoms with Crippen LogP contribution in [0.25, 0.3) is 11.1 Å². The summed E-state index contributed by atoms with van der Waals surface area (Å²) in [5.74, 6) is 0. The average molecular weight is 736 g/mol. The molecule has 4 heterocycles. The lowest BCUT2D eigenvalue weighted by molar-refractivity contribution is -0.384. The van der Waals surface area contributed by atoms with Gasteiger partial charge in [0.25, 0.3) is 5.69 Å². The molecule has 7 heteroatoms. The number of aryl methyl sites for hydroxylation is 2. The molecular weight excluding hydrogens is 679 g/mol. The monoisotopic (exact) mass is 735 g/mol. The Kier molecular flexibility index (Phi) is 11.9. The van der Waals surface area contributed by atoms with Crippen molar-refractivity contribution in [1.82, 2.24) is 9.97 Å². The number of nitro groups is 1. The summed E-state index contributed by atoms with van der Waals surface area (Å²) in [6.07, 6.45) is 6.96. The molecule has 6 rings (SSSR count). The number of nitrogens with zero attached hydrogens (tertiary/aromatic N) is 3. The summed E-state index contributed by atoms with van der Waals surface area (Å²) in [6.45, 7) is 22.2.